The lowest BCUT2D eigenvalue weighted by Gasteiger charge is -2.07. The van der Waals surface area contributed by atoms with Crippen LogP contribution in [0.25, 0.3) is 5.69 Å². The summed E-state index contributed by atoms with van der Waals surface area (Å²) in [5.74, 6) is 0.109. The summed E-state index contributed by atoms with van der Waals surface area (Å²) < 4.78 is 11.4. The number of hydrazone groups is 1. The summed E-state index contributed by atoms with van der Waals surface area (Å²) >= 11 is 0.992. The van der Waals surface area contributed by atoms with Gasteiger partial charge in [-0.25, -0.2) is 4.79 Å². The maximum atomic E-state index is 12.1. The predicted molar refractivity (Wildman–Crippen MR) is 101 cm³/mol. The molecule has 0 saturated heterocycles. The quantitative estimate of drug-likeness (QED) is 0.235. The third-order valence-corrected chi connectivity index (χ3v) is 4.25. The van der Waals surface area contributed by atoms with Crippen molar-refractivity contribution >= 4 is 28.5 Å². The van der Waals surface area contributed by atoms with Gasteiger partial charge in [-0.2, -0.15) is 9.78 Å². The van der Waals surface area contributed by atoms with Crippen LogP contribution in [0.4, 0.5) is 5.69 Å². The van der Waals surface area contributed by atoms with Crippen molar-refractivity contribution in [2.75, 3.05) is 19.6 Å². The highest BCUT2D eigenvalue weighted by Gasteiger charge is 2.19. The molecule has 0 aliphatic heterocycles. The number of thioether (sulfide) groups is 1. The van der Waals surface area contributed by atoms with Crippen LogP contribution in [0.2, 0.25) is 0 Å². The highest BCUT2D eigenvalue weighted by molar-refractivity contribution is 8.15. The van der Waals surface area contributed by atoms with Crippen LogP contribution in [-0.4, -0.2) is 45.4 Å². The average Bonchev–Trinajstić information content (AvgIpc) is 3.19. The molecular weight excluding hydrogens is 368 g/mol. The Labute approximate surface area is 159 Å². The molecule has 1 aromatic heterocycles. The van der Waals surface area contributed by atoms with E-state index in [1.165, 1.54) is 11.8 Å². The third-order valence-electron chi connectivity index (χ3n) is 3.37. The fourth-order valence-electron chi connectivity index (χ4n) is 2.04. The van der Waals surface area contributed by atoms with Crippen LogP contribution < -0.4 is 10.2 Å². The summed E-state index contributed by atoms with van der Waals surface area (Å²) in [5.41, 5.74) is 4.26. The van der Waals surface area contributed by atoms with Crippen LogP contribution in [0.3, 0.4) is 0 Å². The number of aromatic nitrogens is 4. The second-order valence-corrected chi connectivity index (χ2v) is 6.02. The van der Waals surface area contributed by atoms with Crippen molar-refractivity contribution in [2.24, 2.45) is 5.10 Å². The molecule has 0 aliphatic rings. The highest BCUT2D eigenvalue weighted by Crippen LogP contribution is 2.21. The number of hydrogen-bond acceptors (Lipinski definition) is 9. The van der Waals surface area contributed by atoms with E-state index in [2.05, 4.69) is 26.1 Å². The lowest BCUT2D eigenvalue weighted by atomic mass is 10.3. The van der Waals surface area contributed by atoms with E-state index in [0.717, 1.165) is 17.4 Å². The largest absolute Gasteiger partial charge is 0.497 e. The molecule has 0 bridgehead atoms. The molecular formula is C17H16N6O3S. The van der Waals surface area contributed by atoms with E-state index in [0.29, 0.717) is 16.6 Å². The molecule has 0 atom stereocenters. The van der Waals surface area contributed by atoms with Crippen LogP contribution in [-0.2, 0) is 9.53 Å². The molecule has 9 nitrogen and oxygen atoms in total. The number of ether oxygens (including phenoxy) is 2. The number of methoxy groups -OCH3 is 2. The average molecular weight is 384 g/mol. The molecule has 0 aliphatic carbocycles. The molecule has 1 heterocycles. The van der Waals surface area contributed by atoms with Gasteiger partial charge in [-0.15, -0.1) is 5.10 Å². The van der Waals surface area contributed by atoms with Crippen molar-refractivity contribution in [1.82, 2.24) is 20.2 Å². The predicted octanol–water partition coefficient (Wildman–Crippen LogP) is 2.36. The fraction of sp³-hybridized carbons (Fsp3) is 0.118. The van der Waals surface area contributed by atoms with Gasteiger partial charge in [0.05, 0.1) is 25.6 Å². The Hall–Kier alpha value is -3.40. The molecule has 0 amide bonds. The molecule has 0 fully saturated rings. The minimum atomic E-state index is -0.608. The number of tetrazole rings is 1. The van der Waals surface area contributed by atoms with E-state index in [1.807, 2.05) is 30.3 Å². The van der Waals surface area contributed by atoms with Crippen LogP contribution >= 0.6 is 11.8 Å². The number of carbonyl (C=O) groups is 1. The zero-order valence-corrected chi connectivity index (χ0v) is 15.4. The second kappa shape index (κ2) is 8.81. The van der Waals surface area contributed by atoms with Gasteiger partial charge < -0.3 is 9.47 Å². The van der Waals surface area contributed by atoms with Gasteiger partial charge in [-0.1, -0.05) is 18.2 Å². The zero-order valence-electron chi connectivity index (χ0n) is 14.6. The van der Waals surface area contributed by atoms with Crippen LogP contribution in [0.15, 0.2) is 64.9 Å². The van der Waals surface area contributed by atoms with Crippen molar-refractivity contribution in [3.63, 3.8) is 0 Å². The summed E-state index contributed by atoms with van der Waals surface area (Å²) in [5, 5.41) is 16.2. The first-order valence-corrected chi connectivity index (χ1v) is 8.60. The minimum absolute atomic E-state index is 0.0558. The molecule has 10 heteroatoms. The van der Waals surface area contributed by atoms with Gasteiger partial charge in [-0.05, 0) is 58.6 Å². The van der Waals surface area contributed by atoms with Gasteiger partial charge in [-0.3, -0.25) is 5.43 Å². The molecule has 138 valence electrons. The van der Waals surface area contributed by atoms with E-state index < -0.39 is 5.97 Å². The number of esters is 1. The van der Waals surface area contributed by atoms with Crippen molar-refractivity contribution in [3.05, 3.63) is 54.6 Å². The van der Waals surface area contributed by atoms with Crippen LogP contribution in [0.5, 0.6) is 5.75 Å². The number of carbonyl (C=O) groups excluding carboxylic acids is 1. The molecule has 0 spiro atoms. The maximum Gasteiger partial charge on any atom is 0.365 e. The Bertz CT molecular complexity index is 927. The standard InChI is InChI=1S/C17H16N6O3S/c1-25-14-10-8-12(9-11-14)18-19-15(16(24)26-2)27-17-20-21-22-23(17)13-6-4-3-5-7-13/h3-11,18H,1-2H3/b19-15-. The molecule has 0 radical (unpaired) electrons. The summed E-state index contributed by atoms with van der Waals surface area (Å²) in [7, 11) is 2.87. The first-order valence-electron chi connectivity index (χ1n) is 7.79. The number of para-hydroxylation sites is 1. The van der Waals surface area contributed by atoms with E-state index in [1.54, 1.807) is 31.4 Å². The molecule has 1 N–H and O–H groups in total. The van der Waals surface area contributed by atoms with Crippen molar-refractivity contribution in [1.29, 1.82) is 0 Å². The van der Waals surface area contributed by atoms with Gasteiger partial charge in [0.2, 0.25) is 10.2 Å². The number of nitrogens with one attached hydrogen (secondary N) is 1. The number of anilines is 1. The molecule has 3 rings (SSSR count). The van der Waals surface area contributed by atoms with E-state index in [9.17, 15) is 4.79 Å². The van der Waals surface area contributed by atoms with Gasteiger partial charge in [0, 0.05) is 0 Å². The smallest absolute Gasteiger partial charge is 0.365 e. The number of benzene rings is 2. The molecule has 27 heavy (non-hydrogen) atoms. The normalized spacial score (nSPS) is 11.1. The number of nitrogens with zero attached hydrogens (tertiary/aromatic N) is 5. The SMILES string of the molecule is COC(=O)/C(=N/Nc1ccc(OC)cc1)Sc1nnnn1-c1ccccc1. The van der Waals surface area contributed by atoms with Crippen LogP contribution in [0, 0.1) is 0 Å². The first-order chi connectivity index (χ1) is 13.2. The Balaban J connectivity index is 1.82. The second-order valence-electron chi connectivity index (χ2n) is 5.06. The van der Waals surface area contributed by atoms with Gasteiger partial charge >= 0.3 is 5.97 Å². The lowest BCUT2D eigenvalue weighted by molar-refractivity contribution is -0.132. The topological polar surface area (TPSA) is 104 Å². The Morgan fingerprint density at radius 2 is 1.85 bits per heavy atom. The summed E-state index contributed by atoms with van der Waals surface area (Å²) in [6.45, 7) is 0. The lowest BCUT2D eigenvalue weighted by Crippen LogP contribution is -2.15. The van der Waals surface area contributed by atoms with Crippen molar-refractivity contribution in [2.45, 2.75) is 5.16 Å². The Kier molecular flexibility index (Phi) is 6.00. The van der Waals surface area contributed by atoms with Gasteiger partial charge in [0.1, 0.15) is 5.75 Å². The third kappa shape index (κ3) is 4.61. The Morgan fingerprint density at radius 1 is 1.11 bits per heavy atom. The summed E-state index contributed by atoms with van der Waals surface area (Å²) in [6, 6.07) is 16.4. The minimum Gasteiger partial charge on any atom is -0.497 e. The highest BCUT2D eigenvalue weighted by atomic mass is 32.2. The Morgan fingerprint density at radius 3 is 2.52 bits per heavy atom. The van der Waals surface area contributed by atoms with Crippen molar-refractivity contribution in [3.8, 4) is 11.4 Å². The maximum absolute atomic E-state index is 12.1. The van der Waals surface area contributed by atoms with Gasteiger partial charge in [0.15, 0.2) is 0 Å². The molecule has 3 aromatic rings. The van der Waals surface area contributed by atoms with Crippen molar-refractivity contribution < 1.29 is 14.3 Å². The van der Waals surface area contributed by atoms with E-state index in [-0.39, 0.29) is 5.04 Å². The van der Waals surface area contributed by atoms with Gasteiger partial charge in [0.25, 0.3) is 0 Å². The van der Waals surface area contributed by atoms with E-state index >= 15 is 0 Å². The summed E-state index contributed by atoms with van der Waals surface area (Å²) in [6.07, 6.45) is 0. The number of rotatable bonds is 5. The van der Waals surface area contributed by atoms with Crippen LogP contribution in [0.1, 0.15) is 0 Å². The zero-order chi connectivity index (χ0) is 19.1. The summed E-state index contributed by atoms with van der Waals surface area (Å²) in [4.78, 5) is 12.1. The fourth-order valence-corrected chi connectivity index (χ4v) is 2.78. The van der Waals surface area contributed by atoms with E-state index in [4.69, 9.17) is 9.47 Å². The molecule has 2 aromatic carbocycles. The molecule has 0 unspecified atom stereocenters. The molecule has 0 saturated carbocycles. The number of hydrogen-bond donors (Lipinski definition) is 1. The first kappa shape index (κ1) is 18.4. The monoisotopic (exact) mass is 384 g/mol.